The quantitative estimate of drug-likeness (QED) is 0.438. The number of benzene rings is 2. The number of rotatable bonds is 9. The van der Waals surface area contributed by atoms with Crippen LogP contribution >= 0.6 is 0 Å². The van der Waals surface area contributed by atoms with Crippen molar-refractivity contribution in [3.8, 4) is 11.5 Å². The minimum Gasteiger partial charge on any atom is -0.497 e. The van der Waals surface area contributed by atoms with E-state index in [-0.39, 0.29) is 30.3 Å². The highest BCUT2D eigenvalue weighted by molar-refractivity contribution is 6.02. The lowest BCUT2D eigenvalue weighted by Crippen LogP contribution is -2.57. The highest BCUT2D eigenvalue weighted by Crippen LogP contribution is 2.55. The number of methoxy groups -OCH3 is 1. The lowest BCUT2D eigenvalue weighted by molar-refractivity contribution is -0.142. The van der Waals surface area contributed by atoms with E-state index in [0.717, 1.165) is 31.2 Å². The van der Waals surface area contributed by atoms with Crippen LogP contribution in [-0.4, -0.2) is 60.1 Å². The third-order valence-electron chi connectivity index (χ3n) is 9.28. The van der Waals surface area contributed by atoms with Gasteiger partial charge in [0.2, 0.25) is 17.7 Å². The van der Waals surface area contributed by atoms with Gasteiger partial charge in [0.05, 0.1) is 31.7 Å². The van der Waals surface area contributed by atoms with E-state index < -0.39 is 29.6 Å². The Morgan fingerprint density at radius 3 is 2.60 bits per heavy atom. The molecule has 6 rings (SSSR count). The summed E-state index contributed by atoms with van der Waals surface area (Å²) in [6.45, 7) is 4.82. The summed E-state index contributed by atoms with van der Waals surface area (Å²) < 4.78 is 17.4. The average Bonchev–Trinajstić information content (AvgIpc) is 3.63. The summed E-state index contributed by atoms with van der Waals surface area (Å²) in [5, 5.41) is 6.24. The Morgan fingerprint density at radius 2 is 1.86 bits per heavy atom. The van der Waals surface area contributed by atoms with Crippen LogP contribution in [0.15, 0.2) is 60.7 Å². The smallest absolute Gasteiger partial charge is 0.246 e. The fourth-order valence-electron chi connectivity index (χ4n) is 7.22. The molecule has 222 valence electrons. The van der Waals surface area contributed by atoms with Crippen molar-refractivity contribution < 1.29 is 28.6 Å². The zero-order valence-electron chi connectivity index (χ0n) is 24.4. The first kappa shape index (κ1) is 28.3. The van der Waals surface area contributed by atoms with Crippen molar-refractivity contribution >= 4 is 23.4 Å². The lowest BCUT2D eigenvalue weighted by Gasteiger charge is -2.36. The summed E-state index contributed by atoms with van der Waals surface area (Å²) in [4.78, 5) is 43.8. The monoisotopic (exact) mass is 573 g/mol. The molecule has 7 atom stereocenters. The molecule has 3 fully saturated rings. The second kappa shape index (κ2) is 11.4. The second-order valence-electron chi connectivity index (χ2n) is 11.8. The number of nitrogens with zero attached hydrogens (tertiary/aromatic N) is 1. The summed E-state index contributed by atoms with van der Waals surface area (Å²) in [5.41, 5.74) is 0.212. The van der Waals surface area contributed by atoms with Gasteiger partial charge in [-0.05, 0) is 67.6 Å². The molecule has 0 unspecified atom stereocenters. The maximum absolute atomic E-state index is 14.3. The first-order valence-corrected chi connectivity index (χ1v) is 15.0. The van der Waals surface area contributed by atoms with Gasteiger partial charge in [0, 0.05) is 18.3 Å². The molecule has 0 aromatic heterocycles. The van der Waals surface area contributed by atoms with Crippen LogP contribution in [0.25, 0.3) is 0 Å². The summed E-state index contributed by atoms with van der Waals surface area (Å²) in [6, 6.07) is 13.7. The number of amides is 3. The minimum absolute atomic E-state index is 0.0387. The Bertz CT molecular complexity index is 1380. The zero-order valence-corrected chi connectivity index (χ0v) is 24.4. The molecule has 3 aliphatic heterocycles. The molecular weight excluding hydrogens is 534 g/mol. The van der Waals surface area contributed by atoms with Gasteiger partial charge >= 0.3 is 0 Å². The zero-order chi connectivity index (χ0) is 29.4. The average molecular weight is 574 g/mol. The number of hydrogen-bond donors (Lipinski definition) is 2. The van der Waals surface area contributed by atoms with E-state index in [4.69, 9.17) is 14.2 Å². The van der Waals surface area contributed by atoms with E-state index in [0.29, 0.717) is 29.7 Å². The molecule has 2 aromatic carbocycles. The fraction of sp³-hybridized carbons (Fsp3) is 0.485. The first-order chi connectivity index (χ1) is 20.3. The van der Waals surface area contributed by atoms with Crippen LogP contribution in [-0.2, 0) is 25.7 Å². The Morgan fingerprint density at radius 1 is 1.07 bits per heavy atom. The molecule has 0 radical (unpaired) electrons. The number of anilines is 1. The van der Waals surface area contributed by atoms with Gasteiger partial charge < -0.3 is 29.7 Å². The second-order valence-corrected chi connectivity index (χ2v) is 11.8. The fourth-order valence-corrected chi connectivity index (χ4v) is 7.22. The summed E-state index contributed by atoms with van der Waals surface area (Å²) in [7, 11) is 1.59. The van der Waals surface area contributed by atoms with Crippen LogP contribution in [0.3, 0.4) is 0 Å². The predicted molar refractivity (Wildman–Crippen MR) is 157 cm³/mol. The van der Waals surface area contributed by atoms with Gasteiger partial charge in [0.25, 0.3) is 0 Å². The van der Waals surface area contributed by atoms with Gasteiger partial charge in [-0.15, -0.1) is 0 Å². The molecular formula is C33H39N3O6. The first-order valence-electron chi connectivity index (χ1n) is 15.0. The van der Waals surface area contributed by atoms with Crippen LogP contribution in [0.1, 0.15) is 45.1 Å². The summed E-state index contributed by atoms with van der Waals surface area (Å²) >= 11 is 0. The molecule has 1 saturated carbocycles. The minimum atomic E-state index is -1.22. The molecule has 9 heteroatoms. The number of carbonyl (C=O) groups is 3. The molecule has 1 aliphatic carbocycles. The number of likely N-dealkylation sites (tertiary alicyclic amines) is 1. The van der Waals surface area contributed by atoms with Gasteiger partial charge in [0.1, 0.15) is 23.1 Å². The van der Waals surface area contributed by atoms with Crippen LogP contribution in [0, 0.1) is 17.8 Å². The lowest BCUT2D eigenvalue weighted by atomic mass is 9.74. The van der Waals surface area contributed by atoms with Crippen LogP contribution < -0.4 is 20.1 Å². The largest absolute Gasteiger partial charge is 0.497 e. The van der Waals surface area contributed by atoms with Gasteiger partial charge in [-0.2, -0.15) is 0 Å². The van der Waals surface area contributed by atoms with E-state index in [9.17, 15) is 14.4 Å². The topological polar surface area (TPSA) is 106 Å². The molecule has 2 saturated heterocycles. The van der Waals surface area contributed by atoms with Crippen molar-refractivity contribution in [3.63, 3.8) is 0 Å². The molecule has 2 bridgehead atoms. The summed E-state index contributed by atoms with van der Waals surface area (Å²) in [6.07, 6.45) is 7.28. The van der Waals surface area contributed by atoms with Gasteiger partial charge in [-0.1, -0.05) is 44.1 Å². The highest BCUT2D eigenvalue weighted by Gasteiger charge is 2.72. The Labute approximate surface area is 246 Å². The van der Waals surface area contributed by atoms with E-state index >= 15 is 0 Å². The van der Waals surface area contributed by atoms with Crippen molar-refractivity contribution in [1.82, 2.24) is 10.2 Å². The molecule has 9 nitrogen and oxygen atoms in total. The van der Waals surface area contributed by atoms with Crippen molar-refractivity contribution in [2.45, 2.75) is 69.9 Å². The SMILES string of the molecule is CCOc1ccc(NC(=O)[C@@H]2[C@@H]3C=C[C@]4(O3)[C@@H]2C(=O)N(Cc2cccc(OC)c2)[C@H]4C(=O)N[C@@H]2CCCC[C@@H]2C)cc1. The van der Waals surface area contributed by atoms with Crippen molar-refractivity contribution in [3.05, 3.63) is 66.2 Å². The molecule has 2 aromatic rings. The van der Waals surface area contributed by atoms with Crippen molar-refractivity contribution in [2.75, 3.05) is 19.0 Å². The third-order valence-corrected chi connectivity index (χ3v) is 9.28. The maximum Gasteiger partial charge on any atom is 0.246 e. The van der Waals surface area contributed by atoms with E-state index in [1.807, 2.05) is 43.3 Å². The van der Waals surface area contributed by atoms with Crippen LogP contribution in [0.2, 0.25) is 0 Å². The number of nitrogens with one attached hydrogen (secondary N) is 2. The molecule has 42 heavy (non-hydrogen) atoms. The van der Waals surface area contributed by atoms with Crippen LogP contribution in [0.4, 0.5) is 5.69 Å². The predicted octanol–water partition coefficient (Wildman–Crippen LogP) is 4.08. The molecule has 3 amide bonds. The molecule has 4 aliphatic rings. The van der Waals surface area contributed by atoms with Crippen LogP contribution in [0.5, 0.6) is 11.5 Å². The number of hydrogen-bond acceptors (Lipinski definition) is 6. The molecule has 1 spiro atoms. The van der Waals surface area contributed by atoms with E-state index in [1.54, 1.807) is 36.3 Å². The maximum atomic E-state index is 14.3. The van der Waals surface area contributed by atoms with E-state index in [2.05, 4.69) is 17.6 Å². The Kier molecular flexibility index (Phi) is 7.70. The van der Waals surface area contributed by atoms with Gasteiger partial charge in [-0.3, -0.25) is 14.4 Å². The van der Waals surface area contributed by atoms with Gasteiger partial charge in [-0.25, -0.2) is 0 Å². The summed E-state index contributed by atoms with van der Waals surface area (Å²) in [5.74, 6) is -0.659. The van der Waals surface area contributed by atoms with Crippen molar-refractivity contribution in [1.29, 1.82) is 0 Å². The molecule has 3 heterocycles. The Balaban J connectivity index is 1.30. The normalized spacial score (nSPS) is 31.1. The van der Waals surface area contributed by atoms with Crippen molar-refractivity contribution in [2.24, 2.45) is 17.8 Å². The number of fused-ring (bicyclic) bond motifs is 1. The standard InChI is InChI=1S/C33H39N3O6/c1-4-41-23-14-12-22(13-15-23)34-30(37)27-26-16-17-33(42-26)28(27)32(39)36(19-21-9-7-10-24(18-21)40-3)29(33)31(38)35-25-11-6-5-8-20(25)2/h7,9-10,12-18,20,25-29H,4-6,8,11,19H2,1-3H3,(H,34,37)(H,35,38)/t20-,25+,26-,27+,28-,29-,33-/m0/s1. The van der Waals surface area contributed by atoms with Gasteiger partial charge in [0.15, 0.2) is 0 Å². The third kappa shape index (κ3) is 4.93. The van der Waals surface area contributed by atoms with E-state index in [1.165, 1.54) is 0 Å². The number of ether oxygens (including phenoxy) is 3. The number of carbonyl (C=O) groups excluding carboxylic acids is 3. The molecule has 2 N–H and O–H groups in total. The highest BCUT2D eigenvalue weighted by atomic mass is 16.5. The Hall–Kier alpha value is -3.85.